The van der Waals surface area contributed by atoms with Gasteiger partial charge in [0, 0.05) is 13.0 Å². The number of hydrogen-bond acceptors (Lipinski definition) is 4. The summed E-state index contributed by atoms with van der Waals surface area (Å²) in [5.74, 6) is -0.666. The molecule has 1 aliphatic heterocycles. The highest BCUT2D eigenvalue weighted by Crippen LogP contribution is 2.25. The van der Waals surface area contributed by atoms with Crippen LogP contribution in [0.25, 0.3) is 0 Å². The molecule has 0 bridgehead atoms. The quantitative estimate of drug-likeness (QED) is 0.897. The van der Waals surface area contributed by atoms with Crippen molar-refractivity contribution in [3.05, 3.63) is 29.3 Å². The Kier molecular flexibility index (Phi) is 4.05. The van der Waals surface area contributed by atoms with Gasteiger partial charge in [-0.15, -0.1) is 0 Å². The third-order valence-corrected chi connectivity index (χ3v) is 5.61. The highest BCUT2D eigenvalue weighted by molar-refractivity contribution is 7.89. The van der Waals surface area contributed by atoms with Crippen LogP contribution < -0.4 is 4.72 Å². The van der Waals surface area contributed by atoms with Crippen LogP contribution >= 0.6 is 0 Å². The van der Waals surface area contributed by atoms with E-state index in [0.717, 1.165) is 24.8 Å². The fraction of sp³-hybridized carbons (Fsp3) is 0.600. The Hall–Kier alpha value is -0.950. The standard InChI is InChI=1S/C15H21NO4S/c1-15(19-9-10-20-15)7-8-16-21(17,18)14-6-5-12-3-2-4-13(12)11-14/h5-6,11,16H,2-4,7-10H2,1H3. The predicted octanol–water partition coefficient (Wildman–Crippen LogP) is 1.61. The Balaban J connectivity index is 1.64. The second-order valence-electron chi connectivity index (χ2n) is 5.76. The lowest BCUT2D eigenvalue weighted by Crippen LogP contribution is -2.33. The lowest BCUT2D eigenvalue weighted by atomic mass is 10.1. The second kappa shape index (κ2) is 5.68. The van der Waals surface area contributed by atoms with Crippen molar-refractivity contribution in [2.75, 3.05) is 19.8 Å². The second-order valence-corrected chi connectivity index (χ2v) is 7.53. The first-order valence-electron chi connectivity index (χ1n) is 7.38. The van der Waals surface area contributed by atoms with Gasteiger partial charge in [-0.2, -0.15) is 0 Å². The van der Waals surface area contributed by atoms with E-state index >= 15 is 0 Å². The normalized spacial score (nSPS) is 20.6. The zero-order valence-corrected chi connectivity index (χ0v) is 13.0. The molecule has 0 saturated carbocycles. The molecule has 1 aromatic rings. The molecule has 6 heteroatoms. The van der Waals surface area contributed by atoms with E-state index in [9.17, 15) is 8.42 Å². The molecule has 1 heterocycles. The number of ether oxygens (including phenoxy) is 2. The smallest absolute Gasteiger partial charge is 0.240 e. The maximum absolute atomic E-state index is 12.3. The molecule has 0 amide bonds. The van der Waals surface area contributed by atoms with Crippen molar-refractivity contribution in [3.63, 3.8) is 0 Å². The van der Waals surface area contributed by atoms with Gasteiger partial charge in [-0.3, -0.25) is 0 Å². The minimum Gasteiger partial charge on any atom is -0.348 e. The first-order chi connectivity index (χ1) is 9.99. The summed E-state index contributed by atoms with van der Waals surface area (Å²) in [6.45, 7) is 3.27. The Morgan fingerprint density at radius 1 is 1.19 bits per heavy atom. The van der Waals surface area contributed by atoms with Crippen LogP contribution in [0.1, 0.15) is 30.9 Å². The maximum atomic E-state index is 12.3. The zero-order chi connectivity index (χ0) is 14.9. The summed E-state index contributed by atoms with van der Waals surface area (Å²) in [6, 6.07) is 5.42. The van der Waals surface area contributed by atoms with Crippen LogP contribution in [0.5, 0.6) is 0 Å². The van der Waals surface area contributed by atoms with Gasteiger partial charge in [-0.1, -0.05) is 6.07 Å². The Morgan fingerprint density at radius 2 is 1.90 bits per heavy atom. The van der Waals surface area contributed by atoms with Crippen LogP contribution in [0.2, 0.25) is 0 Å². The highest BCUT2D eigenvalue weighted by Gasteiger charge is 2.31. The van der Waals surface area contributed by atoms with Gasteiger partial charge in [0.2, 0.25) is 10.0 Å². The number of aryl methyl sites for hydroxylation is 2. The summed E-state index contributed by atoms with van der Waals surface area (Å²) in [5, 5.41) is 0. The number of sulfonamides is 1. The Bertz CT molecular complexity index is 621. The molecule has 1 saturated heterocycles. The first kappa shape index (κ1) is 15.0. The first-order valence-corrected chi connectivity index (χ1v) is 8.86. The molecule has 116 valence electrons. The van der Waals surface area contributed by atoms with Gasteiger partial charge in [-0.05, 0) is 49.4 Å². The van der Waals surface area contributed by atoms with E-state index in [-0.39, 0.29) is 0 Å². The molecule has 5 nitrogen and oxygen atoms in total. The molecule has 0 spiro atoms. The van der Waals surface area contributed by atoms with Gasteiger partial charge < -0.3 is 9.47 Å². The van der Waals surface area contributed by atoms with Crippen molar-refractivity contribution >= 4 is 10.0 Å². The minimum atomic E-state index is -3.46. The Morgan fingerprint density at radius 3 is 2.67 bits per heavy atom. The number of nitrogens with one attached hydrogen (secondary N) is 1. The van der Waals surface area contributed by atoms with Crippen LogP contribution in [0.15, 0.2) is 23.1 Å². The van der Waals surface area contributed by atoms with E-state index in [1.807, 2.05) is 13.0 Å². The summed E-state index contributed by atoms with van der Waals surface area (Å²) in [7, 11) is -3.46. The lowest BCUT2D eigenvalue weighted by molar-refractivity contribution is -0.145. The number of hydrogen-bond donors (Lipinski definition) is 1. The van der Waals surface area contributed by atoms with Crippen molar-refractivity contribution < 1.29 is 17.9 Å². The van der Waals surface area contributed by atoms with E-state index in [1.54, 1.807) is 12.1 Å². The van der Waals surface area contributed by atoms with Crippen LogP contribution in [0.4, 0.5) is 0 Å². The number of rotatable bonds is 5. The molecule has 21 heavy (non-hydrogen) atoms. The summed E-state index contributed by atoms with van der Waals surface area (Å²) in [6.07, 6.45) is 3.63. The minimum absolute atomic E-state index is 0.302. The fourth-order valence-electron chi connectivity index (χ4n) is 2.91. The third kappa shape index (κ3) is 3.29. The molecule has 0 aromatic heterocycles. The fourth-order valence-corrected chi connectivity index (χ4v) is 3.99. The molecule has 1 aliphatic carbocycles. The highest BCUT2D eigenvalue weighted by atomic mass is 32.2. The summed E-state index contributed by atoms with van der Waals surface area (Å²) < 4.78 is 38.2. The summed E-state index contributed by atoms with van der Waals surface area (Å²) >= 11 is 0. The van der Waals surface area contributed by atoms with Gasteiger partial charge in [0.1, 0.15) is 0 Å². The van der Waals surface area contributed by atoms with Gasteiger partial charge in [-0.25, -0.2) is 13.1 Å². The molecule has 1 aromatic carbocycles. The van der Waals surface area contributed by atoms with Crippen LogP contribution in [-0.2, 0) is 32.3 Å². The van der Waals surface area contributed by atoms with Crippen molar-refractivity contribution in [2.24, 2.45) is 0 Å². The van der Waals surface area contributed by atoms with E-state index in [2.05, 4.69) is 4.72 Å². The monoisotopic (exact) mass is 311 g/mol. The molecule has 0 atom stereocenters. The predicted molar refractivity (Wildman–Crippen MR) is 78.6 cm³/mol. The van der Waals surface area contributed by atoms with Crippen molar-refractivity contribution in [1.29, 1.82) is 0 Å². The molecular weight excluding hydrogens is 290 g/mol. The molecule has 2 aliphatic rings. The van der Waals surface area contributed by atoms with Gasteiger partial charge in [0.15, 0.2) is 5.79 Å². The maximum Gasteiger partial charge on any atom is 0.240 e. The van der Waals surface area contributed by atoms with E-state index in [0.29, 0.717) is 31.1 Å². The van der Waals surface area contributed by atoms with Crippen molar-refractivity contribution in [1.82, 2.24) is 4.72 Å². The van der Waals surface area contributed by atoms with E-state index < -0.39 is 15.8 Å². The van der Waals surface area contributed by atoms with Crippen molar-refractivity contribution in [2.45, 2.75) is 43.3 Å². The number of benzene rings is 1. The molecule has 0 radical (unpaired) electrons. The van der Waals surface area contributed by atoms with E-state index in [1.165, 1.54) is 5.56 Å². The van der Waals surface area contributed by atoms with Gasteiger partial charge >= 0.3 is 0 Å². The van der Waals surface area contributed by atoms with Crippen LogP contribution in [0, 0.1) is 0 Å². The summed E-state index contributed by atoms with van der Waals surface area (Å²) in [5.41, 5.74) is 2.43. The van der Waals surface area contributed by atoms with Crippen LogP contribution in [0.3, 0.4) is 0 Å². The topological polar surface area (TPSA) is 64.6 Å². The Labute approximate surface area is 125 Å². The third-order valence-electron chi connectivity index (χ3n) is 4.15. The van der Waals surface area contributed by atoms with E-state index in [4.69, 9.17) is 9.47 Å². The number of fused-ring (bicyclic) bond motifs is 1. The van der Waals surface area contributed by atoms with Gasteiger partial charge in [0.25, 0.3) is 0 Å². The lowest BCUT2D eigenvalue weighted by Gasteiger charge is -2.22. The molecule has 1 fully saturated rings. The van der Waals surface area contributed by atoms with Crippen LogP contribution in [-0.4, -0.2) is 34.0 Å². The van der Waals surface area contributed by atoms with Crippen molar-refractivity contribution in [3.8, 4) is 0 Å². The zero-order valence-electron chi connectivity index (χ0n) is 12.2. The summed E-state index contributed by atoms with van der Waals surface area (Å²) in [4.78, 5) is 0.349. The average molecular weight is 311 g/mol. The molecular formula is C15H21NO4S. The van der Waals surface area contributed by atoms with Gasteiger partial charge in [0.05, 0.1) is 18.1 Å². The largest absolute Gasteiger partial charge is 0.348 e. The SMILES string of the molecule is CC1(CCNS(=O)(=O)c2ccc3c(c2)CCC3)OCCO1. The molecule has 3 rings (SSSR count). The average Bonchev–Trinajstić information content (AvgIpc) is 3.06. The molecule has 1 N–H and O–H groups in total. The molecule has 0 unspecified atom stereocenters.